The normalized spacial score (nSPS) is 9.67. The fraction of sp³-hybridized carbons (Fsp3) is 0.857. The van der Waals surface area contributed by atoms with Crippen molar-refractivity contribution in [2.24, 2.45) is 0 Å². The van der Waals surface area contributed by atoms with E-state index in [2.05, 4.69) is 13.5 Å². The van der Waals surface area contributed by atoms with Gasteiger partial charge in [-0.3, -0.25) is 0 Å². The van der Waals surface area contributed by atoms with Crippen LogP contribution < -0.4 is 0 Å². The summed E-state index contributed by atoms with van der Waals surface area (Å²) in [5, 5.41) is 0. The van der Waals surface area contributed by atoms with E-state index in [0.717, 1.165) is 0 Å². The Bertz CT molecular complexity index is 110. The molecule has 0 aromatic rings. The van der Waals surface area contributed by atoms with Crippen molar-refractivity contribution in [2.75, 3.05) is 0 Å². The van der Waals surface area contributed by atoms with Crippen LogP contribution in [0.2, 0.25) is 0 Å². The van der Waals surface area contributed by atoms with Crippen molar-refractivity contribution in [3.63, 3.8) is 0 Å². The molecule has 0 aliphatic rings. The molecule has 0 atom stereocenters. The Morgan fingerprint density at radius 3 is 1.53 bits per heavy atom. The summed E-state index contributed by atoms with van der Waals surface area (Å²) in [6.45, 7) is 6.01. The van der Waals surface area contributed by atoms with Crippen LogP contribution in [0.25, 0.3) is 0 Å². The van der Waals surface area contributed by atoms with Crippen LogP contribution >= 0.6 is 0 Å². The van der Waals surface area contributed by atoms with Crippen molar-refractivity contribution in [2.45, 2.75) is 77.6 Å². The molecule has 0 aromatic heterocycles. The molecule has 0 aliphatic heterocycles. The van der Waals surface area contributed by atoms with Gasteiger partial charge in [0, 0.05) is 19.5 Å². The quantitative estimate of drug-likeness (QED) is 0.262. The zero-order chi connectivity index (χ0) is 10.5. The van der Waals surface area contributed by atoms with Gasteiger partial charge in [-0.25, -0.2) is 0 Å². The molecule has 0 aliphatic carbocycles. The number of allylic oxidation sites excluding steroid dienone is 1. The molecule has 15 heavy (non-hydrogen) atoms. The minimum absolute atomic E-state index is 0. The first-order chi connectivity index (χ1) is 6.91. The Labute approximate surface area is 110 Å². The Morgan fingerprint density at radius 2 is 1.13 bits per heavy atom. The minimum atomic E-state index is 0. The number of unbranched alkanes of at least 4 members (excludes halogenated alkanes) is 10. The third-order valence-corrected chi connectivity index (χ3v) is 2.76. The molecule has 0 N–H and O–H groups in total. The molecule has 0 rings (SSSR count). The molecule has 0 saturated carbocycles. The summed E-state index contributed by atoms with van der Waals surface area (Å²) in [5.74, 6) is 0. The number of hydrogen-bond donors (Lipinski definition) is 0. The van der Waals surface area contributed by atoms with E-state index in [1.54, 1.807) is 0 Å². The van der Waals surface area contributed by atoms with E-state index in [1.165, 1.54) is 70.6 Å². The summed E-state index contributed by atoms with van der Waals surface area (Å²) in [5.41, 5.74) is 0. The number of hydrogen-bond acceptors (Lipinski definition) is 0. The van der Waals surface area contributed by atoms with Gasteiger partial charge in [0.05, 0.1) is 0 Å². The van der Waals surface area contributed by atoms with E-state index in [4.69, 9.17) is 0 Å². The Morgan fingerprint density at radius 1 is 0.733 bits per heavy atom. The summed E-state index contributed by atoms with van der Waals surface area (Å²) in [7, 11) is 0. The monoisotopic (exact) mass is 260 g/mol. The van der Waals surface area contributed by atoms with Gasteiger partial charge >= 0.3 is 0 Å². The van der Waals surface area contributed by atoms with E-state index in [0.29, 0.717) is 0 Å². The topological polar surface area (TPSA) is 0 Å². The van der Waals surface area contributed by atoms with Crippen molar-refractivity contribution in [1.29, 1.82) is 0 Å². The molecule has 0 spiro atoms. The summed E-state index contributed by atoms with van der Waals surface area (Å²) < 4.78 is 0. The van der Waals surface area contributed by atoms with Crippen molar-refractivity contribution in [3.05, 3.63) is 12.7 Å². The molecule has 0 heterocycles. The maximum absolute atomic E-state index is 3.74. The first kappa shape index (κ1) is 17.7. The molecular weight excluding hydrogens is 234 g/mol. The molecule has 0 amide bonds. The van der Waals surface area contributed by atoms with E-state index in [1.807, 2.05) is 6.08 Å². The van der Waals surface area contributed by atoms with Crippen LogP contribution in [0.1, 0.15) is 77.6 Å². The van der Waals surface area contributed by atoms with Gasteiger partial charge in [-0.2, -0.15) is 0 Å². The summed E-state index contributed by atoms with van der Waals surface area (Å²) >= 11 is 0. The fourth-order valence-corrected chi connectivity index (χ4v) is 1.78. The second-order valence-corrected chi connectivity index (χ2v) is 4.26. The van der Waals surface area contributed by atoms with Crippen molar-refractivity contribution < 1.29 is 19.5 Å². The van der Waals surface area contributed by atoms with Gasteiger partial charge in [-0.1, -0.05) is 70.8 Å². The summed E-state index contributed by atoms with van der Waals surface area (Å²) in [6.07, 6.45) is 17.5. The van der Waals surface area contributed by atoms with Gasteiger partial charge in [0.2, 0.25) is 0 Å². The van der Waals surface area contributed by atoms with E-state index < -0.39 is 0 Å². The molecule has 0 aromatic carbocycles. The predicted octanol–water partition coefficient (Wildman–Crippen LogP) is 5.48. The van der Waals surface area contributed by atoms with Gasteiger partial charge in [-0.15, -0.1) is 6.58 Å². The maximum atomic E-state index is 3.74. The Balaban J connectivity index is 0. The number of rotatable bonds is 11. The van der Waals surface area contributed by atoms with Gasteiger partial charge in [0.15, 0.2) is 0 Å². The molecular formula is C14H28Zn. The van der Waals surface area contributed by atoms with Gasteiger partial charge in [0.25, 0.3) is 0 Å². The van der Waals surface area contributed by atoms with E-state index in [-0.39, 0.29) is 19.5 Å². The Hall–Kier alpha value is 0.363. The third kappa shape index (κ3) is 17.0. The van der Waals surface area contributed by atoms with Crippen LogP contribution in [0.5, 0.6) is 0 Å². The Kier molecular flexibility index (Phi) is 19.9. The van der Waals surface area contributed by atoms with Crippen molar-refractivity contribution in [3.8, 4) is 0 Å². The van der Waals surface area contributed by atoms with Crippen molar-refractivity contribution in [1.82, 2.24) is 0 Å². The van der Waals surface area contributed by atoms with Crippen LogP contribution in [0.4, 0.5) is 0 Å². The second-order valence-electron chi connectivity index (χ2n) is 4.26. The largest absolute Gasteiger partial charge is 0.103 e. The van der Waals surface area contributed by atoms with Gasteiger partial charge in [-0.05, 0) is 12.8 Å². The predicted molar refractivity (Wildman–Crippen MR) is 66.7 cm³/mol. The van der Waals surface area contributed by atoms with E-state index in [9.17, 15) is 0 Å². The van der Waals surface area contributed by atoms with Crippen LogP contribution in [-0.4, -0.2) is 0 Å². The summed E-state index contributed by atoms with van der Waals surface area (Å²) in [6, 6.07) is 0. The zero-order valence-electron chi connectivity index (χ0n) is 10.8. The molecule has 0 radical (unpaired) electrons. The standard InChI is InChI=1S/C14H28.Zn/c1-3-5-7-9-11-13-14-12-10-8-6-4-2;/h3H,1,4-14H2,2H3;. The SMILES string of the molecule is C=CCCCCCCCCCCCC.[Zn]. The summed E-state index contributed by atoms with van der Waals surface area (Å²) in [4.78, 5) is 0. The average Bonchev–Trinajstić information content (AvgIpc) is 2.21. The minimum Gasteiger partial charge on any atom is -0.103 e. The first-order valence-electron chi connectivity index (χ1n) is 6.52. The van der Waals surface area contributed by atoms with E-state index >= 15 is 0 Å². The maximum Gasteiger partial charge on any atom is 0 e. The van der Waals surface area contributed by atoms with Gasteiger partial charge in [0.1, 0.15) is 0 Å². The molecule has 0 unspecified atom stereocenters. The molecule has 1 heteroatoms. The average molecular weight is 262 g/mol. The smallest absolute Gasteiger partial charge is 0 e. The molecule has 0 nitrogen and oxygen atoms in total. The molecule has 0 fully saturated rings. The van der Waals surface area contributed by atoms with Crippen LogP contribution in [0, 0.1) is 0 Å². The molecule has 0 saturated heterocycles. The third-order valence-electron chi connectivity index (χ3n) is 2.76. The van der Waals surface area contributed by atoms with Crippen LogP contribution in [-0.2, 0) is 19.5 Å². The zero-order valence-corrected chi connectivity index (χ0v) is 13.7. The van der Waals surface area contributed by atoms with Crippen LogP contribution in [0.3, 0.4) is 0 Å². The van der Waals surface area contributed by atoms with Crippen molar-refractivity contribution >= 4 is 0 Å². The van der Waals surface area contributed by atoms with Crippen LogP contribution in [0.15, 0.2) is 12.7 Å². The first-order valence-corrected chi connectivity index (χ1v) is 6.52. The second kappa shape index (κ2) is 16.8. The van der Waals surface area contributed by atoms with Gasteiger partial charge < -0.3 is 0 Å². The fourth-order valence-electron chi connectivity index (χ4n) is 1.78. The molecule has 86 valence electrons. The molecule has 0 bridgehead atoms.